The van der Waals surface area contributed by atoms with Crippen LogP contribution >= 0.6 is 15.9 Å². The number of hydrogen-bond donors (Lipinski definition) is 2. The van der Waals surface area contributed by atoms with Gasteiger partial charge in [0.1, 0.15) is 0 Å². The second kappa shape index (κ2) is 7.58. The highest BCUT2D eigenvalue weighted by Gasteiger charge is 2.12. The molecule has 0 bridgehead atoms. The first-order valence-electron chi connectivity index (χ1n) is 6.92. The molecule has 0 spiro atoms. The van der Waals surface area contributed by atoms with E-state index in [1.165, 1.54) is 5.56 Å². The Morgan fingerprint density at radius 2 is 1.75 bits per heavy atom. The summed E-state index contributed by atoms with van der Waals surface area (Å²) in [6, 6.07) is 18.4. The molecule has 3 heteroatoms. The van der Waals surface area contributed by atoms with Gasteiger partial charge in [0, 0.05) is 17.1 Å². The van der Waals surface area contributed by atoms with Crippen molar-refractivity contribution in [1.82, 2.24) is 5.32 Å². The van der Waals surface area contributed by atoms with Crippen molar-refractivity contribution in [3.8, 4) is 0 Å². The first-order valence-corrected chi connectivity index (χ1v) is 7.72. The minimum atomic E-state index is -0.495. The normalized spacial score (nSPS) is 13.9. The minimum Gasteiger partial charge on any atom is -0.387 e. The molecule has 2 N–H and O–H groups in total. The number of halogens is 1. The zero-order valence-corrected chi connectivity index (χ0v) is 13.2. The van der Waals surface area contributed by atoms with E-state index in [2.05, 4.69) is 40.3 Å². The Hall–Kier alpha value is -1.16. The fourth-order valence-corrected chi connectivity index (χ4v) is 2.69. The molecule has 0 aliphatic rings. The van der Waals surface area contributed by atoms with Crippen molar-refractivity contribution in [2.24, 2.45) is 0 Å². The van der Waals surface area contributed by atoms with Gasteiger partial charge in [0.05, 0.1) is 6.10 Å². The van der Waals surface area contributed by atoms with Gasteiger partial charge in [-0.1, -0.05) is 65.3 Å². The van der Waals surface area contributed by atoms with Crippen LogP contribution in [0.4, 0.5) is 0 Å². The van der Waals surface area contributed by atoms with E-state index in [4.69, 9.17) is 0 Å². The standard InChI is InChI=1S/C17H20BrNO/c1-2-16(13-7-4-3-5-8-13)19-12-17(20)14-9-6-10-15(18)11-14/h3-11,16-17,19-20H,2,12H2,1H3. The Kier molecular flexibility index (Phi) is 5.77. The number of aliphatic hydroxyl groups is 1. The van der Waals surface area contributed by atoms with E-state index in [-0.39, 0.29) is 6.04 Å². The molecular weight excluding hydrogens is 314 g/mol. The Morgan fingerprint density at radius 3 is 2.40 bits per heavy atom. The molecule has 0 aliphatic carbocycles. The number of nitrogens with one attached hydrogen (secondary N) is 1. The molecule has 2 aromatic rings. The van der Waals surface area contributed by atoms with Gasteiger partial charge in [-0.05, 0) is 29.7 Å². The summed E-state index contributed by atoms with van der Waals surface area (Å²) >= 11 is 3.43. The molecule has 2 aromatic carbocycles. The molecule has 2 unspecified atom stereocenters. The van der Waals surface area contributed by atoms with Crippen molar-refractivity contribution >= 4 is 15.9 Å². The third-order valence-electron chi connectivity index (χ3n) is 3.40. The van der Waals surface area contributed by atoms with E-state index in [0.29, 0.717) is 6.54 Å². The monoisotopic (exact) mass is 333 g/mol. The van der Waals surface area contributed by atoms with Crippen LogP contribution in [0.3, 0.4) is 0 Å². The van der Waals surface area contributed by atoms with Crippen molar-refractivity contribution in [3.05, 3.63) is 70.2 Å². The summed E-state index contributed by atoms with van der Waals surface area (Å²) in [4.78, 5) is 0. The van der Waals surface area contributed by atoms with Gasteiger partial charge >= 0.3 is 0 Å². The fourth-order valence-electron chi connectivity index (χ4n) is 2.27. The average molecular weight is 334 g/mol. The molecular formula is C17H20BrNO. The quantitative estimate of drug-likeness (QED) is 0.829. The van der Waals surface area contributed by atoms with Gasteiger partial charge in [-0.2, -0.15) is 0 Å². The molecule has 2 atom stereocenters. The molecule has 0 aromatic heterocycles. The molecule has 0 aliphatic heterocycles. The second-order valence-corrected chi connectivity index (χ2v) is 5.77. The molecule has 2 rings (SSSR count). The van der Waals surface area contributed by atoms with E-state index in [1.54, 1.807) is 0 Å². The Labute approximate surface area is 129 Å². The molecule has 0 saturated heterocycles. The van der Waals surface area contributed by atoms with Crippen molar-refractivity contribution in [2.75, 3.05) is 6.54 Å². The summed E-state index contributed by atoms with van der Waals surface area (Å²) < 4.78 is 0.990. The maximum atomic E-state index is 10.3. The Balaban J connectivity index is 1.96. The molecule has 106 valence electrons. The van der Waals surface area contributed by atoms with Crippen LogP contribution in [-0.4, -0.2) is 11.7 Å². The molecule has 0 amide bonds. The molecule has 20 heavy (non-hydrogen) atoms. The van der Waals surface area contributed by atoms with E-state index < -0.39 is 6.10 Å². The van der Waals surface area contributed by atoms with Gasteiger partial charge in [-0.15, -0.1) is 0 Å². The van der Waals surface area contributed by atoms with Gasteiger partial charge in [-0.3, -0.25) is 0 Å². The van der Waals surface area contributed by atoms with Gasteiger partial charge < -0.3 is 10.4 Å². The number of benzene rings is 2. The van der Waals surface area contributed by atoms with Crippen LogP contribution in [0.5, 0.6) is 0 Å². The summed E-state index contributed by atoms with van der Waals surface area (Å²) in [6.45, 7) is 2.69. The van der Waals surface area contributed by atoms with Crippen LogP contribution in [0.2, 0.25) is 0 Å². The van der Waals surface area contributed by atoms with Crippen LogP contribution in [-0.2, 0) is 0 Å². The summed E-state index contributed by atoms with van der Waals surface area (Å²) in [6.07, 6.45) is 0.500. The highest BCUT2D eigenvalue weighted by Crippen LogP contribution is 2.20. The summed E-state index contributed by atoms with van der Waals surface area (Å²) in [5.41, 5.74) is 2.19. The summed E-state index contributed by atoms with van der Waals surface area (Å²) in [7, 11) is 0. The van der Waals surface area contributed by atoms with Crippen molar-refractivity contribution < 1.29 is 5.11 Å². The minimum absolute atomic E-state index is 0.276. The van der Waals surface area contributed by atoms with Crippen LogP contribution in [0.1, 0.15) is 36.6 Å². The molecule has 0 saturated carbocycles. The highest BCUT2D eigenvalue weighted by molar-refractivity contribution is 9.10. The Morgan fingerprint density at radius 1 is 1.05 bits per heavy atom. The van der Waals surface area contributed by atoms with E-state index in [1.807, 2.05) is 42.5 Å². The zero-order chi connectivity index (χ0) is 14.4. The summed E-state index contributed by atoms with van der Waals surface area (Å²) in [5.74, 6) is 0. The Bertz CT molecular complexity index is 530. The first kappa shape index (κ1) is 15.2. The molecule has 0 fully saturated rings. The largest absolute Gasteiger partial charge is 0.387 e. The van der Waals surface area contributed by atoms with Crippen LogP contribution in [0.15, 0.2) is 59.1 Å². The fraction of sp³-hybridized carbons (Fsp3) is 0.294. The predicted octanol–water partition coefficient (Wildman–Crippen LogP) is 4.22. The molecule has 2 nitrogen and oxygen atoms in total. The highest BCUT2D eigenvalue weighted by atomic mass is 79.9. The average Bonchev–Trinajstić information content (AvgIpc) is 2.49. The van der Waals surface area contributed by atoms with Gasteiger partial charge in [0.15, 0.2) is 0 Å². The SMILES string of the molecule is CCC(NCC(O)c1cccc(Br)c1)c1ccccc1. The van der Waals surface area contributed by atoms with Crippen molar-refractivity contribution in [1.29, 1.82) is 0 Å². The maximum Gasteiger partial charge on any atom is 0.0914 e. The van der Waals surface area contributed by atoms with Crippen molar-refractivity contribution in [3.63, 3.8) is 0 Å². The first-order chi connectivity index (χ1) is 9.70. The lowest BCUT2D eigenvalue weighted by molar-refractivity contribution is 0.169. The lowest BCUT2D eigenvalue weighted by Crippen LogP contribution is -2.26. The lowest BCUT2D eigenvalue weighted by Gasteiger charge is -2.20. The number of aliphatic hydroxyl groups excluding tert-OH is 1. The maximum absolute atomic E-state index is 10.3. The van der Waals surface area contributed by atoms with E-state index in [0.717, 1.165) is 16.5 Å². The molecule has 0 heterocycles. The predicted molar refractivity (Wildman–Crippen MR) is 86.6 cm³/mol. The second-order valence-electron chi connectivity index (χ2n) is 4.85. The molecule has 0 radical (unpaired) electrons. The third kappa shape index (κ3) is 4.17. The van der Waals surface area contributed by atoms with Crippen LogP contribution in [0.25, 0.3) is 0 Å². The topological polar surface area (TPSA) is 32.3 Å². The zero-order valence-electron chi connectivity index (χ0n) is 11.6. The third-order valence-corrected chi connectivity index (χ3v) is 3.89. The number of hydrogen-bond acceptors (Lipinski definition) is 2. The van der Waals surface area contributed by atoms with E-state index >= 15 is 0 Å². The smallest absolute Gasteiger partial charge is 0.0914 e. The van der Waals surface area contributed by atoms with Crippen molar-refractivity contribution in [2.45, 2.75) is 25.5 Å². The van der Waals surface area contributed by atoms with E-state index in [9.17, 15) is 5.11 Å². The summed E-state index contributed by atoms with van der Waals surface area (Å²) in [5, 5.41) is 13.7. The van der Waals surface area contributed by atoms with Crippen LogP contribution < -0.4 is 5.32 Å². The number of rotatable bonds is 6. The van der Waals surface area contributed by atoms with Crippen LogP contribution in [0, 0.1) is 0 Å². The van der Waals surface area contributed by atoms with Gasteiger partial charge in [0.2, 0.25) is 0 Å². The lowest BCUT2D eigenvalue weighted by atomic mass is 10.0. The van der Waals surface area contributed by atoms with Gasteiger partial charge in [0.25, 0.3) is 0 Å². The van der Waals surface area contributed by atoms with Gasteiger partial charge in [-0.25, -0.2) is 0 Å².